The van der Waals surface area contributed by atoms with E-state index in [1.165, 1.54) is 5.56 Å². The van der Waals surface area contributed by atoms with Crippen molar-refractivity contribution in [3.63, 3.8) is 0 Å². The highest BCUT2D eigenvalue weighted by atomic mass is 35.5. The zero-order valence-electron chi connectivity index (χ0n) is 15.2. The summed E-state index contributed by atoms with van der Waals surface area (Å²) >= 11 is 6.00. The maximum absolute atomic E-state index is 6.00. The molecule has 0 saturated heterocycles. The summed E-state index contributed by atoms with van der Waals surface area (Å²) in [5.74, 6) is 1.86. The summed E-state index contributed by atoms with van der Waals surface area (Å²) in [6, 6.07) is 17.7. The quantitative estimate of drug-likeness (QED) is 0.483. The average molecular weight is 384 g/mol. The van der Waals surface area contributed by atoms with Crippen LogP contribution in [0.25, 0.3) is 11.4 Å². The molecule has 0 unspecified atom stereocenters. The number of halogens is 1. The zero-order chi connectivity index (χ0) is 18.9. The van der Waals surface area contributed by atoms with Gasteiger partial charge in [-0.3, -0.25) is 4.99 Å². The standard InChI is InChI=1S/C20H22ClN5O/c1-22-20(23-12-10-15-6-3-2-4-7-15)24-13-11-18-25-19(26-27-18)16-8-5-9-17(21)14-16/h2-9,14H,10-13H2,1H3,(H2,22,23,24). The van der Waals surface area contributed by atoms with Gasteiger partial charge in [0.2, 0.25) is 11.7 Å². The Hall–Kier alpha value is -2.86. The lowest BCUT2D eigenvalue weighted by atomic mass is 10.1. The van der Waals surface area contributed by atoms with Gasteiger partial charge in [-0.2, -0.15) is 4.98 Å². The summed E-state index contributed by atoms with van der Waals surface area (Å²) in [5.41, 5.74) is 2.13. The van der Waals surface area contributed by atoms with E-state index in [0.29, 0.717) is 29.7 Å². The second kappa shape index (κ2) is 9.73. The molecule has 0 amide bonds. The molecule has 0 saturated carbocycles. The third kappa shape index (κ3) is 5.82. The fraction of sp³-hybridized carbons (Fsp3) is 0.250. The largest absolute Gasteiger partial charge is 0.356 e. The Morgan fingerprint density at radius 3 is 2.56 bits per heavy atom. The molecule has 6 nitrogen and oxygen atoms in total. The number of hydrogen-bond acceptors (Lipinski definition) is 4. The van der Waals surface area contributed by atoms with Crippen LogP contribution in [0.4, 0.5) is 0 Å². The van der Waals surface area contributed by atoms with Gasteiger partial charge in [0.15, 0.2) is 5.96 Å². The minimum absolute atomic E-state index is 0.540. The zero-order valence-corrected chi connectivity index (χ0v) is 15.9. The van der Waals surface area contributed by atoms with E-state index in [9.17, 15) is 0 Å². The number of aromatic nitrogens is 2. The van der Waals surface area contributed by atoms with Crippen LogP contribution in [0, 0.1) is 0 Å². The fourth-order valence-corrected chi connectivity index (χ4v) is 2.77. The Balaban J connectivity index is 1.43. The fourth-order valence-electron chi connectivity index (χ4n) is 2.58. The number of nitrogens with one attached hydrogen (secondary N) is 2. The molecule has 0 aliphatic heterocycles. The molecule has 0 atom stereocenters. The van der Waals surface area contributed by atoms with Gasteiger partial charge in [0.05, 0.1) is 0 Å². The monoisotopic (exact) mass is 383 g/mol. The SMILES string of the molecule is CN=C(NCCc1ccccc1)NCCc1nc(-c2cccc(Cl)c2)no1. The third-order valence-corrected chi connectivity index (χ3v) is 4.19. The molecule has 140 valence electrons. The van der Waals surface area contributed by atoms with Crippen molar-refractivity contribution in [2.45, 2.75) is 12.8 Å². The van der Waals surface area contributed by atoms with Gasteiger partial charge in [-0.25, -0.2) is 0 Å². The van der Waals surface area contributed by atoms with Gasteiger partial charge in [-0.1, -0.05) is 59.2 Å². The van der Waals surface area contributed by atoms with Gasteiger partial charge in [-0.15, -0.1) is 0 Å². The predicted molar refractivity (Wildman–Crippen MR) is 108 cm³/mol. The Morgan fingerprint density at radius 1 is 1.04 bits per heavy atom. The number of benzene rings is 2. The smallest absolute Gasteiger partial charge is 0.228 e. The van der Waals surface area contributed by atoms with Crippen molar-refractivity contribution in [2.24, 2.45) is 4.99 Å². The highest BCUT2D eigenvalue weighted by molar-refractivity contribution is 6.30. The minimum atomic E-state index is 0.540. The van der Waals surface area contributed by atoms with E-state index in [-0.39, 0.29) is 0 Å². The molecule has 2 aromatic carbocycles. The summed E-state index contributed by atoms with van der Waals surface area (Å²) < 4.78 is 5.31. The van der Waals surface area contributed by atoms with Gasteiger partial charge >= 0.3 is 0 Å². The van der Waals surface area contributed by atoms with Gasteiger partial charge in [-0.05, 0) is 24.1 Å². The van der Waals surface area contributed by atoms with E-state index in [4.69, 9.17) is 16.1 Å². The Labute approximate surface area is 163 Å². The van der Waals surface area contributed by atoms with Crippen LogP contribution >= 0.6 is 11.6 Å². The summed E-state index contributed by atoms with van der Waals surface area (Å²) in [6.07, 6.45) is 1.54. The molecule has 1 heterocycles. The van der Waals surface area contributed by atoms with Crippen LogP contribution in [-0.2, 0) is 12.8 Å². The molecule has 1 aromatic heterocycles. The van der Waals surface area contributed by atoms with Gasteiger partial charge in [0, 0.05) is 37.1 Å². The van der Waals surface area contributed by atoms with Crippen LogP contribution in [0.15, 0.2) is 64.1 Å². The second-order valence-electron chi connectivity index (χ2n) is 5.93. The number of guanidine groups is 1. The maximum Gasteiger partial charge on any atom is 0.228 e. The van der Waals surface area contributed by atoms with Crippen molar-refractivity contribution < 1.29 is 4.52 Å². The molecule has 7 heteroatoms. The molecular formula is C20H22ClN5O. The van der Waals surface area contributed by atoms with Crippen molar-refractivity contribution in [3.05, 3.63) is 71.1 Å². The first-order valence-corrected chi connectivity index (χ1v) is 9.19. The van der Waals surface area contributed by atoms with Crippen LogP contribution in [0.3, 0.4) is 0 Å². The van der Waals surface area contributed by atoms with Gasteiger partial charge in [0.25, 0.3) is 0 Å². The highest BCUT2D eigenvalue weighted by Crippen LogP contribution is 2.19. The normalized spacial score (nSPS) is 11.4. The molecule has 2 N–H and O–H groups in total. The number of nitrogens with zero attached hydrogens (tertiary/aromatic N) is 3. The number of hydrogen-bond donors (Lipinski definition) is 2. The van der Waals surface area contributed by atoms with Crippen LogP contribution in [0.1, 0.15) is 11.5 Å². The first-order chi connectivity index (χ1) is 13.2. The molecule has 0 aliphatic rings. The Kier molecular flexibility index (Phi) is 6.82. The lowest BCUT2D eigenvalue weighted by molar-refractivity contribution is 0.378. The van der Waals surface area contributed by atoms with Crippen molar-refractivity contribution in [3.8, 4) is 11.4 Å². The summed E-state index contributed by atoms with van der Waals surface area (Å²) in [7, 11) is 1.75. The van der Waals surface area contributed by atoms with Gasteiger partial charge in [0.1, 0.15) is 0 Å². The van der Waals surface area contributed by atoms with Crippen molar-refractivity contribution in [2.75, 3.05) is 20.1 Å². The minimum Gasteiger partial charge on any atom is -0.356 e. The predicted octanol–water partition coefficient (Wildman–Crippen LogP) is 3.34. The molecule has 3 aromatic rings. The molecule has 27 heavy (non-hydrogen) atoms. The van der Waals surface area contributed by atoms with Gasteiger partial charge < -0.3 is 15.2 Å². The molecular weight excluding hydrogens is 362 g/mol. The van der Waals surface area contributed by atoms with E-state index in [1.807, 2.05) is 42.5 Å². The third-order valence-electron chi connectivity index (χ3n) is 3.95. The topological polar surface area (TPSA) is 75.3 Å². The van der Waals surface area contributed by atoms with E-state index in [2.05, 4.69) is 37.9 Å². The Bertz CT molecular complexity index is 879. The summed E-state index contributed by atoms with van der Waals surface area (Å²) in [5, 5.41) is 11.2. The van der Waals surface area contributed by atoms with E-state index in [0.717, 1.165) is 24.5 Å². The Morgan fingerprint density at radius 2 is 1.81 bits per heavy atom. The van der Waals surface area contributed by atoms with E-state index in [1.54, 1.807) is 7.05 Å². The molecule has 0 spiro atoms. The number of rotatable bonds is 7. The summed E-state index contributed by atoms with van der Waals surface area (Å²) in [4.78, 5) is 8.64. The second-order valence-corrected chi connectivity index (χ2v) is 6.37. The highest BCUT2D eigenvalue weighted by Gasteiger charge is 2.09. The van der Waals surface area contributed by atoms with Crippen LogP contribution < -0.4 is 10.6 Å². The molecule has 0 aliphatic carbocycles. The lowest BCUT2D eigenvalue weighted by Crippen LogP contribution is -2.39. The first kappa shape index (κ1) is 18.9. The molecule has 0 radical (unpaired) electrons. The van der Waals surface area contributed by atoms with E-state index >= 15 is 0 Å². The van der Waals surface area contributed by atoms with E-state index < -0.39 is 0 Å². The van der Waals surface area contributed by atoms with Crippen LogP contribution in [0.5, 0.6) is 0 Å². The number of aliphatic imine (C=N–C) groups is 1. The maximum atomic E-state index is 6.00. The van der Waals surface area contributed by atoms with Crippen molar-refractivity contribution >= 4 is 17.6 Å². The average Bonchev–Trinajstić information content (AvgIpc) is 3.16. The molecule has 3 rings (SSSR count). The van der Waals surface area contributed by atoms with Crippen LogP contribution in [-0.4, -0.2) is 36.2 Å². The lowest BCUT2D eigenvalue weighted by Gasteiger charge is -2.11. The van der Waals surface area contributed by atoms with Crippen LogP contribution in [0.2, 0.25) is 5.02 Å². The van der Waals surface area contributed by atoms with Crippen molar-refractivity contribution in [1.82, 2.24) is 20.8 Å². The van der Waals surface area contributed by atoms with Crippen molar-refractivity contribution in [1.29, 1.82) is 0 Å². The molecule has 0 bridgehead atoms. The first-order valence-electron chi connectivity index (χ1n) is 8.81. The molecule has 0 fully saturated rings. The summed E-state index contributed by atoms with van der Waals surface area (Å²) in [6.45, 7) is 1.45.